The zero-order valence-corrected chi connectivity index (χ0v) is 7.91. The lowest BCUT2D eigenvalue weighted by Gasteiger charge is -2.22. The monoisotopic (exact) mass is 224 g/mol. The van der Waals surface area contributed by atoms with Gasteiger partial charge in [0.15, 0.2) is 0 Å². The van der Waals surface area contributed by atoms with Crippen molar-refractivity contribution >= 4 is 0 Å². The smallest absolute Gasteiger partial charge is 0.191 e. The minimum atomic E-state index is -5.54. The van der Waals surface area contributed by atoms with E-state index in [1.165, 1.54) is 25.1 Å². The van der Waals surface area contributed by atoms with Crippen LogP contribution in [0.4, 0.5) is 22.0 Å². The van der Waals surface area contributed by atoms with Crippen LogP contribution >= 0.6 is 0 Å². The van der Waals surface area contributed by atoms with Gasteiger partial charge in [-0.1, -0.05) is 31.2 Å². The van der Waals surface area contributed by atoms with Gasteiger partial charge in [-0.2, -0.15) is 22.0 Å². The average molecular weight is 224 g/mol. The number of aryl methyl sites for hydroxylation is 1. The number of benzene rings is 1. The van der Waals surface area contributed by atoms with Crippen molar-refractivity contribution in [2.75, 3.05) is 0 Å². The Hall–Kier alpha value is -1.13. The van der Waals surface area contributed by atoms with Crippen LogP contribution in [0.1, 0.15) is 18.1 Å². The summed E-state index contributed by atoms with van der Waals surface area (Å²) in [6, 6.07) is 4.70. The highest BCUT2D eigenvalue weighted by Crippen LogP contribution is 2.44. The van der Waals surface area contributed by atoms with E-state index in [1.807, 2.05) is 0 Å². The summed E-state index contributed by atoms with van der Waals surface area (Å²) in [6.45, 7) is 1.53. The third kappa shape index (κ3) is 2.11. The Balaban J connectivity index is 3.26. The van der Waals surface area contributed by atoms with Crippen molar-refractivity contribution in [1.29, 1.82) is 0 Å². The van der Waals surface area contributed by atoms with E-state index in [-0.39, 0.29) is 12.0 Å². The molecule has 1 aromatic carbocycles. The number of halogens is 5. The maximum absolute atomic E-state index is 13.0. The molecular formula is C10H9F5. The molecule has 0 bridgehead atoms. The molecule has 0 N–H and O–H groups in total. The van der Waals surface area contributed by atoms with Crippen LogP contribution in [0.3, 0.4) is 0 Å². The second kappa shape index (κ2) is 3.79. The van der Waals surface area contributed by atoms with Crippen molar-refractivity contribution in [3.8, 4) is 0 Å². The molecule has 0 aromatic heterocycles. The van der Waals surface area contributed by atoms with E-state index >= 15 is 0 Å². The lowest BCUT2D eigenvalue weighted by Crippen LogP contribution is -2.34. The van der Waals surface area contributed by atoms with Crippen molar-refractivity contribution in [3.05, 3.63) is 35.4 Å². The molecule has 1 aromatic rings. The molecule has 0 heterocycles. The zero-order chi connectivity index (χ0) is 11.7. The molecule has 0 radical (unpaired) electrons. The number of hydrogen-bond donors (Lipinski definition) is 0. The van der Waals surface area contributed by atoms with Gasteiger partial charge in [-0.15, -0.1) is 0 Å². The number of hydrogen-bond acceptors (Lipinski definition) is 0. The third-order valence-corrected chi connectivity index (χ3v) is 2.09. The highest BCUT2D eigenvalue weighted by molar-refractivity contribution is 5.31. The molecule has 0 unspecified atom stereocenters. The Morgan fingerprint density at radius 2 is 1.53 bits per heavy atom. The summed E-state index contributed by atoms with van der Waals surface area (Å²) in [4.78, 5) is 0. The molecule has 0 amide bonds. The van der Waals surface area contributed by atoms with Gasteiger partial charge in [-0.3, -0.25) is 0 Å². The second-order valence-electron chi connectivity index (χ2n) is 3.08. The van der Waals surface area contributed by atoms with Gasteiger partial charge < -0.3 is 0 Å². The van der Waals surface area contributed by atoms with Crippen LogP contribution in [0.25, 0.3) is 0 Å². The molecule has 0 saturated carbocycles. The van der Waals surface area contributed by atoms with Crippen molar-refractivity contribution in [2.24, 2.45) is 0 Å². The molecule has 0 nitrogen and oxygen atoms in total. The Morgan fingerprint density at radius 3 is 2.00 bits per heavy atom. The fraction of sp³-hybridized carbons (Fsp3) is 0.400. The van der Waals surface area contributed by atoms with Gasteiger partial charge in [0.05, 0.1) is 0 Å². The maximum atomic E-state index is 13.0. The van der Waals surface area contributed by atoms with Crippen LogP contribution < -0.4 is 0 Å². The largest absolute Gasteiger partial charge is 0.458 e. The molecule has 5 heteroatoms. The Labute approximate surface area is 83.7 Å². The quantitative estimate of drug-likeness (QED) is 0.668. The predicted molar refractivity (Wildman–Crippen MR) is 45.8 cm³/mol. The Morgan fingerprint density at radius 1 is 1.00 bits per heavy atom. The van der Waals surface area contributed by atoms with Gasteiger partial charge in [0.2, 0.25) is 0 Å². The SMILES string of the molecule is CCc1ccccc1C(F)(F)C(F)(F)F. The molecule has 0 spiro atoms. The van der Waals surface area contributed by atoms with Crippen LogP contribution in [-0.4, -0.2) is 6.18 Å². The van der Waals surface area contributed by atoms with E-state index in [9.17, 15) is 22.0 Å². The summed E-state index contributed by atoms with van der Waals surface area (Å²) >= 11 is 0. The highest BCUT2D eigenvalue weighted by atomic mass is 19.4. The first-order chi connectivity index (χ1) is 6.80. The van der Waals surface area contributed by atoms with E-state index in [1.54, 1.807) is 0 Å². The van der Waals surface area contributed by atoms with Crippen LogP contribution in [0.2, 0.25) is 0 Å². The van der Waals surface area contributed by atoms with Crippen LogP contribution in [-0.2, 0) is 12.3 Å². The minimum absolute atomic E-state index is 0.0137. The summed E-state index contributed by atoms with van der Waals surface area (Å²) in [5.74, 6) is -4.78. The van der Waals surface area contributed by atoms with Crippen LogP contribution in [0.5, 0.6) is 0 Å². The molecule has 1 rings (SSSR count). The van der Waals surface area contributed by atoms with E-state index in [0.717, 1.165) is 6.07 Å². The maximum Gasteiger partial charge on any atom is 0.458 e. The summed E-state index contributed by atoms with van der Waals surface area (Å²) in [5.41, 5.74) is -0.945. The first kappa shape index (κ1) is 11.9. The van der Waals surface area contributed by atoms with E-state index in [0.29, 0.717) is 0 Å². The zero-order valence-electron chi connectivity index (χ0n) is 7.91. The van der Waals surface area contributed by atoms with Crippen molar-refractivity contribution in [3.63, 3.8) is 0 Å². The van der Waals surface area contributed by atoms with Gasteiger partial charge in [-0.05, 0) is 12.0 Å². The van der Waals surface area contributed by atoms with Crippen LogP contribution in [0.15, 0.2) is 24.3 Å². The summed E-state index contributed by atoms with van der Waals surface area (Å²) in [6.07, 6.45) is -5.40. The van der Waals surface area contributed by atoms with Gasteiger partial charge in [0.25, 0.3) is 0 Å². The Kier molecular flexibility index (Phi) is 3.02. The normalized spacial score (nSPS) is 12.9. The van der Waals surface area contributed by atoms with Gasteiger partial charge >= 0.3 is 12.1 Å². The molecule has 15 heavy (non-hydrogen) atoms. The minimum Gasteiger partial charge on any atom is -0.191 e. The van der Waals surface area contributed by atoms with Crippen molar-refractivity contribution < 1.29 is 22.0 Å². The third-order valence-electron chi connectivity index (χ3n) is 2.09. The first-order valence-electron chi connectivity index (χ1n) is 4.33. The van der Waals surface area contributed by atoms with Gasteiger partial charge in [-0.25, -0.2) is 0 Å². The predicted octanol–water partition coefficient (Wildman–Crippen LogP) is 3.90. The average Bonchev–Trinajstić information content (AvgIpc) is 2.16. The topological polar surface area (TPSA) is 0 Å². The Bertz CT molecular complexity index is 340. The fourth-order valence-electron chi connectivity index (χ4n) is 1.29. The molecule has 0 atom stereocenters. The molecule has 0 aliphatic heterocycles. The highest BCUT2D eigenvalue weighted by Gasteiger charge is 2.59. The number of rotatable bonds is 2. The summed E-state index contributed by atoms with van der Waals surface area (Å²) in [5, 5.41) is 0. The van der Waals surface area contributed by atoms with Crippen molar-refractivity contribution in [1.82, 2.24) is 0 Å². The summed E-state index contributed by atoms with van der Waals surface area (Å²) < 4.78 is 62.2. The van der Waals surface area contributed by atoms with Gasteiger partial charge in [0, 0.05) is 5.56 Å². The molecule has 0 aliphatic carbocycles. The molecular weight excluding hydrogens is 215 g/mol. The van der Waals surface area contributed by atoms with E-state index in [2.05, 4.69) is 0 Å². The fourth-order valence-corrected chi connectivity index (χ4v) is 1.29. The second-order valence-corrected chi connectivity index (χ2v) is 3.08. The van der Waals surface area contributed by atoms with Gasteiger partial charge in [0.1, 0.15) is 0 Å². The number of alkyl halides is 5. The molecule has 0 saturated heterocycles. The van der Waals surface area contributed by atoms with Crippen LogP contribution in [0, 0.1) is 0 Å². The standard InChI is InChI=1S/C10H9F5/c1-2-7-5-3-4-6-8(7)9(11,12)10(13,14)15/h3-6H,2H2,1H3. The first-order valence-corrected chi connectivity index (χ1v) is 4.33. The lowest BCUT2D eigenvalue weighted by molar-refractivity contribution is -0.289. The van der Waals surface area contributed by atoms with E-state index in [4.69, 9.17) is 0 Å². The molecule has 0 fully saturated rings. The lowest BCUT2D eigenvalue weighted by atomic mass is 9.99. The van der Waals surface area contributed by atoms with E-state index < -0.39 is 17.7 Å². The molecule has 84 valence electrons. The van der Waals surface area contributed by atoms with Crippen molar-refractivity contribution in [2.45, 2.75) is 25.4 Å². The molecule has 0 aliphatic rings. The summed E-state index contributed by atoms with van der Waals surface area (Å²) in [7, 11) is 0.